The number of ether oxygens (including phenoxy) is 1. The number of fused-ring (bicyclic) bond motifs is 1. The molecule has 0 spiro atoms. The van der Waals surface area contributed by atoms with Gasteiger partial charge >= 0.3 is 0 Å². The first-order valence-electron chi connectivity index (χ1n) is 10.5. The van der Waals surface area contributed by atoms with Gasteiger partial charge in [-0.05, 0) is 55.5 Å². The second kappa shape index (κ2) is 10.0. The molecule has 0 saturated carbocycles. The molecule has 2 aromatic heterocycles. The maximum Gasteiger partial charge on any atom is 0.263 e. The van der Waals surface area contributed by atoms with Crippen LogP contribution in [0.4, 0.5) is 20.2 Å². The van der Waals surface area contributed by atoms with E-state index in [-0.39, 0.29) is 22.7 Å². The quantitative estimate of drug-likeness (QED) is 0.207. The number of aromatic nitrogens is 2. The number of anilines is 2. The number of nitrogens with one attached hydrogen (secondary N) is 3. The summed E-state index contributed by atoms with van der Waals surface area (Å²) in [5, 5.41) is 12.0. The third-order valence-electron chi connectivity index (χ3n) is 5.11. The number of carbonyl (C=O) groups excluding carboxylic acids is 2. The molecule has 0 bridgehead atoms. The molecule has 0 aliphatic heterocycles. The maximum atomic E-state index is 14.8. The molecule has 35 heavy (non-hydrogen) atoms. The Morgan fingerprint density at radius 1 is 0.914 bits per heavy atom. The van der Waals surface area contributed by atoms with E-state index in [2.05, 4.69) is 21.0 Å². The molecule has 0 radical (unpaired) electrons. The Morgan fingerprint density at radius 3 is 2.29 bits per heavy atom. The van der Waals surface area contributed by atoms with E-state index >= 15 is 0 Å². The smallest absolute Gasteiger partial charge is 0.263 e. The molecular weight excluding hydrogens is 456 g/mol. The van der Waals surface area contributed by atoms with Gasteiger partial charge < -0.3 is 20.7 Å². The van der Waals surface area contributed by atoms with Crippen molar-refractivity contribution in [2.24, 2.45) is 0 Å². The highest BCUT2D eigenvalue weighted by Gasteiger charge is 2.22. The Bertz CT molecular complexity index is 1430. The molecule has 0 fully saturated rings. The molecule has 10 heteroatoms. The van der Waals surface area contributed by atoms with Crippen molar-refractivity contribution >= 4 is 28.7 Å². The first kappa shape index (κ1) is 23.4. The van der Waals surface area contributed by atoms with Crippen molar-refractivity contribution < 1.29 is 23.1 Å². The largest absolute Gasteiger partial charge is 0.452 e. The molecule has 2 aromatic carbocycles. The number of halogens is 2. The van der Waals surface area contributed by atoms with Gasteiger partial charge in [-0.15, -0.1) is 0 Å². The molecule has 2 amide bonds. The summed E-state index contributed by atoms with van der Waals surface area (Å²) in [6.07, 6.45) is 3.27. The van der Waals surface area contributed by atoms with E-state index in [9.17, 15) is 18.4 Å². The summed E-state index contributed by atoms with van der Waals surface area (Å²) in [6.45, 7) is 1.55. The standard InChI is InChI=1S/C25H21F2N5O3/c1-15(28-2)23(24(33)30-17-7-5-16(26)6-8-17)25(34)31-18-9-10-21(19(27)14-18)35-22-11-12-29-32-13-3-4-20(22)32/h3-14,28H,1-2H3,(H,30,33)(H,31,34)/b23-15+. The number of rotatable bonds is 7. The van der Waals surface area contributed by atoms with Crippen molar-refractivity contribution in [2.75, 3.05) is 17.7 Å². The van der Waals surface area contributed by atoms with Crippen molar-refractivity contribution in [3.8, 4) is 11.5 Å². The molecule has 0 aliphatic carbocycles. The van der Waals surface area contributed by atoms with Gasteiger partial charge in [-0.3, -0.25) is 9.59 Å². The number of benzene rings is 2. The van der Waals surface area contributed by atoms with Crippen molar-refractivity contribution in [3.63, 3.8) is 0 Å². The highest BCUT2D eigenvalue weighted by molar-refractivity contribution is 6.26. The van der Waals surface area contributed by atoms with Gasteiger partial charge in [0.15, 0.2) is 17.3 Å². The van der Waals surface area contributed by atoms with Crippen LogP contribution in [0.15, 0.2) is 84.3 Å². The number of allylic oxidation sites excluding steroid dienone is 1. The maximum absolute atomic E-state index is 14.8. The molecule has 2 heterocycles. The highest BCUT2D eigenvalue weighted by Crippen LogP contribution is 2.29. The van der Waals surface area contributed by atoms with Crippen LogP contribution in [-0.2, 0) is 9.59 Å². The van der Waals surface area contributed by atoms with Crippen LogP contribution in [0.3, 0.4) is 0 Å². The van der Waals surface area contributed by atoms with Crippen LogP contribution in [0.25, 0.3) is 5.52 Å². The Morgan fingerprint density at radius 2 is 1.60 bits per heavy atom. The van der Waals surface area contributed by atoms with Crippen LogP contribution >= 0.6 is 0 Å². The van der Waals surface area contributed by atoms with E-state index in [1.165, 1.54) is 42.6 Å². The molecule has 0 saturated heterocycles. The van der Waals surface area contributed by atoms with Crippen LogP contribution in [0.5, 0.6) is 11.5 Å². The number of nitrogens with zero attached hydrogens (tertiary/aromatic N) is 2. The lowest BCUT2D eigenvalue weighted by atomic mass is 10.1. The van der Waals surface area contributed by atoms with E-state index in [4.69, 9.17) is 4.74 Å². The Kier molecular flexibility index (Phi) is 6.72. The zero-order valence-corrected chi connectivity index (χ0v) is 18.8. The van der Waals surface area contributed by atoms with Crippen LogP contribution in [0, 0.1) is 11.6 Å². The lowest BCUT2D eigenvalue weighted by molar-refractivity contribution is -0.118. The minimum atomic E-state index is -0.756. The zero-order chi connectivity index (χ0) is 24.9. The fourth-order valence-corrected chi connectivity index (χ4v) is 3.28. The van der Waals surface area contributed by atoms with Gasteiger partial charge in [0.1, 0.15) is 16.9 Å². The third-order valence-corrected chi connectivity index (χ3v) is 5.11. The number of amides is 2. The zero-order valence-electron chi connectivity index (χ0n) is 18.8. The molecule has 8 nitrogen and oxygen atoms in total. The molecular formula is C25H21F2N5O3. The van der Waals surface area contributed by atoms with Crippen molar-refractivity contribution in [3.05, 3.63) is 96.0 Å². The lowest BCUT2D eigenvalue weighted by Crippen LogP contribution is -2.29. The number of hydrogen-bond donors (Lipinski definition) is 3. The van der Waals surface area contributed by atoms with Crippen molar-refractivity contribution in [1.82, 2.24) is 14.9 Å². The highest BCUT2D eigenvalue weighted by atomic mass is 19.1. The summed E-state index contributed by atoms with van der Waals surface area (Å²) in [7, 11) is 1.56. The summed E-state index contributed by atoms with van der Waals surface area (Å²) >= 11 is 0. The van der Waals surface area contributed by atoms with Crippen LogP contribution in [0.2, 0.25) is 0 Å². The molecule has 0 unspecified atom stereocenters. The van der Waals surface area contributed by atoms with Crippen LogP contribution in [-0.4, -0.2) is 28.5 Å². The minimum absolute atomic E-state index is 0.0477. The Balaban J connectivity index is 1.51. The van der Waals surface area contributed by atoms with Crippen LogP contribution in [0.1, 0.15) is 6.92 Å². The SMILES string of the molecule is CN/C(C)=C(\C(=O)Nc1ccc(F)cc1)C(=O)Nc1ccc(Oc2ccnn3cccc23)c(F)c1. The monoisotopic (exact) mass is 477 g/mol. The van der Waals surface area contributed by atoms with Gasteiger partial charge in [0.2, 0.25) is 0 Å². The van der Waals surface area contributed by atoms with E-state index in [1.807, 2.05) is 0 Å². The van der Waals surface area contributed by atoms with Gasteiger partial charge in [-0.1, -0.05) is 0 Å². The van der Waals surface area contributed by atoms with E-state index < -0.39 is 23.4 Å². The van der Waals surface area contributed by atoms with Gasteiger partial charge in [0, 0.05) is 42.4 Å². The predicted octanol–water partition coefficient (Wildman–Crippen LogP) is 4.48. The fourth-order valence-electron chi connectivity index (χ4n) is 3.28. The fraction of sp³-hybridized carbons (Fsp3) is 0.0800. The topological polar surface area (TPSA) is 96.8 Å². The summed E-state index contributed by atoms with van der Waals surface area (Å²) in [5.41, 5.74) is 1.17. The first-order chi connectivity index (χ1) is 16.9. The number of carbonyl (C=O) groups is 2. The van der Waals surface area contributed by atoms with E-state index in [1.54, 1.807) is 42.9 Å². The second-order valence-electron chi connectivity index (χ2n) is 7.45. The number of hydrogen-bond acceptors (Lipinski definition) is 5. The Labute approximate surface area is 199 Å². The molecule has 0 aliphatic rings. The van der Waals surface area contributed by atoms with Gasteiger partial charge in [0.05, 0.1) is 6.20 Å². The van der Waals surface area contributed by atoms with Crippen LogP contribution < -0.4 is 20.7 Å². The molecule has 4 rings (SSSR count). The van der Waals surface area contributed by atoms with E-state index in [0.717, 1.165) is 6.07 Å². The minimum Gasteiger partial charge on any atom is -0.452 e. The molecule has 4 aromatic rings. The van der Waals surface area contributed by atoms with Gasteiger partial charge in [-0.25, -0.2) is 13.3 Å². The first-order valence-corrected chi connectivity index (χ1v) is 10.5. The average Bonchev–Trinajstić information content (AvgIpc) is 3.32. The summed E-state index contributed by atoms with van der Waals surface area (Å²) in [5.74, 6) is -2.28. The summed E-state index contributed by atoms with van der Waals surface area (Å²) in [4.78, 5) is 25.7. The third kappa shape index (κ3) is 5.27. The van der Waals surface area contributed by atoms with Crippen molar-refractivity contribution in [2.45, 2.75) is 6.92 Å². The van der Waals surface area contributed by atoms with Crippen molar-refractivity contribution in [1.29, 1.82) is 0 Å². The Hall–Kier alpha value is -4.73. The lowest BCUT2D eigenvalue weighted by Gasteiger charge is -2.14. The average molecular weight is 477 g/mol. The molecule has 0 atom stereocenters. The molecule has 178 valence electrons. The normalized spacial score (nSPS) is 11.5. The molecule has 3 N–H and O–H groups in total. The summed E-state index contributed by atoms with van der Waals surface area (Å²) in [6, 6.07) is 14.2. The second-order valence-corrected chi connectivity index (χ2v) is 7.45. The van der Waals surface area contributed by atoms with Gasteiger partial charge in [0.25, 0.3) is 11.8 Å². The van der Waals surface area contributed by atoms with E-state index in [0.29, 0.717) is 17.0 Å². The van der Waals surface area contributed by atoms with Gasteiger partial charge in [-0.2, -0.15) is 5.10 Å². The summed E-state index contributed by atoms with van der Waals surface area (Å²) < 4.78 is 35.2. The predicted molar refractivity (Wildman–Crippen MR) is 127 cm³/mol.